The molecule has 0 spiro atoms. The molecule has 0 bridgehead atoms. The zero-order chi connectivity index (χ0) is 31.3. The van der Waals surface area contributed by atoms with Crippen molar-refractivity contribution in [1.82, 2.24) is 16.0 Å². The van der Waals surface area contributed by atoms with Crippen LogP contribution in [0.2, 0.25) is 0 Å². The molecule has 11 N–H and O–H groups in total. The average Bonchev–Trinajstić information content (AvgIpc) is 3.55. The highest BCUT2D eigenvalue weighted by Crippen LogP contribution is 2.34. The van der Waals surface area contributed by atoms with E-state index in [1.165, 1.54) is 36.8 Å². The fraction of sp³-hybridized carbons (Fsp3) is 0.719. The van der Waals surface area contributed by atoms with Crippen molar-refractivity contribution in [3.8, 4) is 0 Å². The fourth-order valence-corrected chi connectivity index (χ4v) is 6.17. The van der Waals surface area contributed by atoms with Gasteiger partial charge in [-0.2, -0.15) is 11.8 Å². The molecule has 1 aromatic carbocycles. The second-order valence-electron chi connectivity index (χ2n) is 11.7. The van der Waals surface area contributed by atoms with Gasteiger partial charge < -0.3 is 38.9 Å². The summed E-state index contributed by atoms with van der Waals surface area (Å²) in [6, 6.07) is 7.07. The molecule has 3 atom stereocenters. The Balaban J connectivity index is 1.75. The van der Waals surface area contributed by atoms with Crippen LogP contribution in [-0.4, -0.2) is 67.8 Å². The van der Waals surface area contributed by atoms with Crippen LogP contribution in [-0.2, 0) is 20.1 Å². The number of rotatable bonds is 23. The molecule has 244 valence electrons. The Bertz CT molecular complexity index is 928. The third kappa shape index (κ3) is 15.4. The number of carbonyl (C=O) groups is 3. The first kappa shape index (κ1) is 37.0. The Hall–Kier alpha value is -2.18. The topological polar surface area (TPSA) is 191 Å². The van der Waals surface area contributed by atoms with Crippen LogP contribution >= 0.6 is 11.8 Å². The third-order valence-electron chi connectivity index (χ3n) is 8.08. The summed E-state index contributed by atoms with van der Waals surface area (Å²) in [7, 11) is 0. The largest absolute Gasteiger partial charge is 0.355 e. The van der Waals surface area contributed by atoms with Gasteiger partial charge in [-0.05, 0) is 87.9 Å². The molecular formula is C32H57N7O3S. The van der Waals surface area contributed by atoms with E-state index in [-0.39, 0.29) is 17.7 Å². The van der Waals surface area contributed by atoms with Crippen molar-refractivity contribution < 1.29 is 14.4 Å². The van der Waals surface area contributed by atoms with E-state index in [0.717, 1.165) is 43.1 Å². The quantitative estimate of drug-likeness (QED) is 0.0908. The summed E-state index contributed by atoms with van der Waals surface area (Å²) in [6.07, 6.45) is 11.4. The number of hydrogen-bond donors (Lipinski definition) is 7. The lowest BCUT2D eigenvalue weighted by atomic mass is 9.97. The first-order chi connectivity index (χ1) is 20.8. The monoisotopic (exact) mass is 619 g/mol. The Kier molecular flexibility index (Phi) is 19.2. The number of hydrogen-bond acceptors (Lipinski definition) is 8. The van der Waals surface area contributed by atoms with Crippen LogP contribution in [0.25, 0.3) is 0 Å². The van der Waals surface area contributed by atoms with Crippen LogP contribution in [0.4, 0.5) is 0 Å². The molecule has 11 heteroatoms. The van der Waals surface area contributed by atoms with Gasteiger partial charge in [-0.1, -0.05) is 49.9 Å². The maximum Gasteiger partial charge on any atom is 0.242 e. The van der Waals surface area contributed by atoms with E-state index in [2.05, 4.69) is 40.2 Å². The molecule has 1 aliphatic carbocycles. The summed E-state index contributed by atoms with van der Waals surface area (Å²) in [5.41, 5.74) is 25.8. The standard InChI is InChI=1S/C32H57N7O3S/c33-18-6-3-11-27(35)30(40)37-20-8-5-13-29(39-31(41)28(36)12-4-7-19-34)32(42)38-21-22-43-23-24-14-16-26(17-15-24)25-9-1-2-10-25/h14-17,25,27-29H,1-13,18-23,33-36H2,(H,37,40)(H,38,42)(H,39,41)/t27-,28-,29-/m0/s1. The molecule has 43 heavy (non-hydrogen) atoms. The Morgan fingerprint density at radius 2 is 1.33 bits per heavy atom. The number of benzene rings is 1. The van der Waals surface area contributed by atoms with Crippen LogP contribution in [0.5, 0.6) is 0 Å². The zero-order valence-corrected chi connectivity index (χ0v) is 26.8. The van der Waals surface area contributed by atoms with Crippen LogP contribution in [0.1, 0.15) is 101 Å². The van der Waals surface area contributed by atoms with Gasteiger partial charge in [-0.15, -0.1) is 0 Å². The second kappa shape index (κ2) is 22.3. The van der Waals surface area contributed by atoms with Crippen LogP contribution in [0, 0.1) is 0 Å². The van der Waals surface area contributed by atoms with Crippen molar-refractivity contribution in [2.24, 2.45) is 22.9 Å². The number of unbranched alkanes of at least 4 members (excludes halogenated alkanes) is 3. The summed E-state index contributed by atoms with van der Waals surface area (Å²) in [4.78, 5) is 38.0. The highest BCUT2D eigenvalue weighted by Gasteiger charge is 2.23. The van der Waals surface area contributed by atoms with E-state index >= 15 is 0 Å². The summed E-state index contributed by atoms with van der Waals surface area (Å²) >= 11 is 1.77. The SMILES string of the molecule is NCCCC[C@H](N)C(=O)NCCCC[C@H](NC(=O)[C@@H](N)CCCCN)C(=O)NCCSCc1ccc(C2CCCC2)cc1. The van der Waals surface area contributed by atoms with Crippen LogP contribution in [0.3, 0.4) is 0 Å². The molecule has 3 amide bonds. The molecule has 1 aromatic rings. The van der Waals surface area contributed by atoms with Crippen molar-refractivity contribution >= 4 is 29.5 Å². The average molecular weight is 620 g/mol. The summed E-state index contributed by atoms with van der Waals surface area (Å²) in [5, 5.41) is 8.70. The van der Waals surface area contributed by atoms with E-state index in [4.69, 9.17) is 22.9 Å². The first-order valence-electron chi connectivity index (χ1n) is 16.3. The zero-order valence-electron chi connectivity index (χ0n) is 26.0. The maximum atomic E-state index is 13.1. The smallest absolute Gasteiger partial charge is 0.242 e. The van der Waals surface area contributed by atoms with Gasteiger partial charge in [-0.25, -0.2) is 0 Å². The van der Waals surface area contributed by atoms with Gasteiger partial charge in [0.05, 0.1) is 12.1 Å². The number of thioether (sulfide) groups is 1. The van der Waals surface area contributed by atoms with Gasteiger partial charge >= 0.3 is 0 Å². The van der Waals surface area contributed by atoms with Gasteiger partial charge in [0, 0.05) is 24.6 Å². The predicted molar refractivity (Wildman–Crippen MR) is 177 cm³/mol. The molecule has 2 rings (SSSR count). The second-order valence-corrected chi connectivity index (χ2v) is 12.8. The third-order valence-corrected chi connectivity index (χ3v) is 9.11. The lowest BCUT2D eigenvalue weighted by Crippen LogP contribution is -2.51. The van der Waals surface area contributed by atoms with Gasteiger partial charge in [-0.3, -0.25) is 14.4 Å². The molecule has 1 fully saturated rings. The van der Waals surface area contributed by atoms with Gasteiger partial charge in [0.1, 0.15) is 6.04 Å². The number of nitrogens with one attached hydrogen (secondary N) is 3. The van der Waals surface area contributed by atoms with E-state index in [9.17, 15) is 14.4 Å². The lowest BCUT2D eigenvalue weighted by molar-refractivity contribution is -0.129. The van der Waals surface area contributed by atoms with E-state index < -0.39 is 18.1 Å². The highest BCUT2D eigenvalue weighted by molar-refractivity contribution is 7.98. The molecule has 0 unspecified atom stereocenters. The van der Waals surface area contributed by atoms with Gasteiger partial charge in [0.2, 0.25) is 17.7 Å². The molecule has 0 aliphatic heterocycles. The molecule has 0 saturated heterocycles. The van der Waals surface area contributed by atoms with Crippen molar-refractivity contribution in [3.63, 3.8) is 0 Å². The number of carbonyl (C=O) groups excluding carboxylic acids is 3. The molecule has 10 nitrogen and oxygen atoms in total. The van der Waals surface area contributed by atoms with Gasteiger partial charge in [0.25, 0.3) is 0 Å². The van der Waals surface area contributed by atoms with Crippen molar-refractivity contribution in [2.45, 2.75) is 113 Å². The molecule has 0 radical (unpaired) electrons. The van der Waals surface area contributed by atoms with Crippen LogP contribution < -0.4 is 38.9 Å². The molecule has 1 saturated carbocycles. The lowest BCUT2D eigenvalue weighted by Gasteiger charge is -2.21. The minimum Gasteiger partial charge on any atom is -0.355 e. The highest BCUT2D eigenvalue weighted by atomic mass is 32.2. The van der Waals surface area contributed by atoms with Crippen molar-refractivity contribution in [2.75, 3.05) is 31.9 Å². The Morgan fingerprint density at radius 3 is 1.95 bits per heavy atom. The van der Waals surface area contributed by atoms with Crippen LogP contribution in [0.15, 0.2) is 24.3 Å². The minimum absolute atomic E-state index is 0.176. The Labute approximate surface area is 263 Å². The van der Waals surface area contributed by atoms with Gasteiger partial charge in [0.15, 0.2) is 0 Å². The maximum absolute atomic E-state index is 13.1. The minimum atomic E-state index is -0.685. The Morgan fingerprint density at radius 1 is 0.744 bits per heavy atom. The fourth-order valence-electron chi connectivity index (χ4n) is 5.35. The number of amides is 3. The molecule has 0 aromatic heterocycles. The molecule has 0 heterocycles. The summed E-state index contributed by atoms with van der Waals surface area (Å²) < 4.78 is 0. The molecular weight excluding hydrogens is 562 g/mol. The van der Waals surface area contributed by atoms with Crippen molar-refractivity contribution in [3.05, 3.63) is 35.4 Å². The number of nitrogens with two attached hydrogens (primary N) is 4. The first-order valence-corrected chi connectivity index (χ1v) is 17.4. The van der Waals surface area contributed by atoms with E-state index in [0.29, 0.717) is 58.3 Å². The summed E-state index contributed by atoms with van der Waals surface area (Å²) in [6.45, 7) is 2.11. The summed E-state index contributed by atoms with van der Waals surface area (Å²) in [5.74, 6) is 1.66. The van der Waals surface area contributed by atoms with E-state index in [1.807, 2.05) is 0 Å². The van der Waals surface area contributed by atoms with E-state index in [1.54, 1.807) is 11.8 Å². The normalized spacial score (nSPS) is 15.5. The molecule has 1 aliphatic rings. The predicted octanol–water partition coefficient (Wildman–Crippen LogP) is 2.38. The van der Waals surface area contributed by atoms with Crippen molar-refractivity contribution in [1.29, 1.82) is 0 Å².